The summed E-state index contributed by atoms with van der Waals surface area (Å²) in [6.45, 7) is 2.82. The zero-order chi connectivity index (χ0) is 71.6. The number of carbonyl (C=O) groups excluding carboxylic acids is 4. The number of fused-ring (bicyclic) bond motifs is 5. The molecular weight excluding hydrogens is 1330 g/mol. The number of hydrogen-bond donors (Lipinski definition) is 3. The normalized spacial score (nSPS) is 11.8. The van der Waals surface area contributed by atoms with E-state index in [1.807, 2.05) is 74.5 Å². The summed E-state index contributed by atoms with van der Waals surface area (Å²) in [4.78, 5) is 105. The average molecular weight is 1400 g/mol. The highest BCUT2D eigenvalue weighted by atomic mass is 35.5. The van der Waals surface area contributed by atoms with Gasteiger partial charge in [-0.1, -0.05) is 11.6 Å². The maximum absolute atomic E-state index is 12.7. The summed E-state index contributed by atoms with van der Waals surface area (Å²) in [6, 6.07) is 23.9. The van der Waals surface area contributed by atoms with Crippen molar-refractivity contribution in [3.63, 3.8) is 0 Å². The predicted molar refractivity (Wildman–Crippen MR) is 380 cm³/mol. The van der Waals surface area contributed by atoms with Crippen LogP contribution >= 0.6 is 23.2 Å². The van der Waals surface area contributed by atoms with E-state index in [0.717, 1.165) is 111 Å². The number of aryl methyl sites for hydroxylation is 3. The highest BCUT2D eigenvalue weighted by molar-refractivity contribution is 6.30. The second-order valence-corrected chi connectivity index (χ2v) is 23.3. The molecule has 27 nitrogen and oxygen atoms in total. The molecule has 29 heteroatoms. The van der Waals surface area contributed by atoms with E-state index < -0.39 is 0 Å². The molecular formula is C72H68Cl2N20O7. The fourth-order valence-corrected chi connectivity index (χ4v) is 10.8. The lowest BCUT2D eigenvalue weighted by atomic mass is 10.0. The lowest BCUT2D eigenvalue weighted by molar-refractivity contribution is -0.139. The van der Waals surface area contributed by atoms with E-state index in [2.05, 4.69) is 75.5 Å². The van der Waals surface area contributed by atoms with Gasteiger partial charge in [0.15, 0.2) is 5.82 Å². The molecule has 0 saturated heterocycles. The number of esters is 1. The van der Waals surface area contributed by atoms with Gasteiger partial charge in [0.25, 0.3) is 0 Å². The van der Waals surface area contributed by atoms with Crippen LogP contribution in [0.2, 0.25) is 10.4 Å². The van der Waals surface area contributed by atoms with Gasteiger partial charge in [0.05, 0.1) is 87.8 Å². The summed E-state index contributed by atoms with van der Waals surface area (Å²) in [6.07, 6.45) is 29.7. The Balaban J connectivity index is 0.000000152. The molecule has 0 fully saturated rings. The average Bonchev–Trinajstić information content (AvgIpc) is 1.75. The fraction of sp³-hybridized carbons (Fsp3) is 0.236. The number of methoxy groups -OCH3 is 3. The number of halogens is 2. The first-order valence-corrected chi connectivity index (χ1v) is 32.2. The molecule has 2 aliphatic carbocycles. The van der Waals surface area contributed by atoms with Crippen molar-refractivity contribution in [2.75, 3.05) is 68.9 Å². The molecule has 12 heterocycles. The van der Waals surface area contributed by atoms with Gasteiger partial charge in [0.1, 0.15) is 34.6 Å². The largest absolute Gasteiger partial charge is 0.481 e. The number of hydrogen-bond acceptors (Lipinski definition) is 24. The van der Waals surface area contributed by atoms with Crippen LogP contribution in [0.25, 0.3) is 33.1 Å². The minimum absolute atomic E-state index is 0.101. The summed E-state index contributed by atoms with van der Waals surface area (Å²) in [5.74, 6) is 2.47. The molecule has 11 aromatic rings. The number of ether oxygens (including phenoxy) is 3. The lowest BCUT2D eigenvalue weighted by Gasteiger charge is -2.21. The molecule has 14 rings (SSSR count). The molecule has 1 aliphatic heterocycles. The second kappa shape index (κ2) is 36.3. The summed E-state index contributed by atoms with van der Waals surface area (Å²) in [7, 11) is 8.10. The molecule has 0 unspecified atom stereocenters. The summed E-state index contributed by atoms with van der Waals surface area (Å²) in [5, 5.41) is 30.3. The van der Waals surface area contributed by atoms with Crippen LogP contribution in [0.5, 0.6) is 11.8 Å². The predicted octanol–water partition coefficient (Wildman–Crippen LogP) is 9.62. The summed E-state index contributed by atoms with van der Waals surface area (Å²) in [5.41, 5.74) is 11.0. The van der Waals surface area contributed by atoms with Crippen LogP contribution in [0, 0.1) is 29.6 Å². The number of nitrogens with zero attached hydrogens (tertiary/aromatic N) is 17. The number of amides is 3. The third-order valence-corrected chi connectivity index (χ3v) is 15.9. The Kier molecular flexibility index (Phi) is 26.2. The first kappa shape index (κ1) is 72.9. The van der Waals surface area contributed by atoms with Crippen LogP contribution in [0.1, 0.15) is 68.7 Å². The van der Waals surface area contributed by atoms with Crippen LogP contribution in [0.3, 0.4) is 0 Å². The van der Waals surface area contributed by atoms with Crippen molar-refractivity contribution >= 4 is 91.4 Å². The van der Waals surface area contributed by atoms with E-state index in [1.54, 1.807) is 130 Å². The Morgan fingerprint density at radius 2 is 1.12 bits per heavy atom. The van der Waals surface area contributed by atoms with E-state index in [9.17, 15) is 19.2 Å². The van der Waals surface area contributed by atoms with Crippen molar-refractivity contribution in [3.8, 4) is 35.4 Å². The first-order valence-electron chi connectivity index (χ1n) is 31.4. The van der Waals surface area contributed by atoms with Crippen LogP contribution in [0.15, 0.2) is 153 Å². The van der Waals surface area contributed by atoms with Gasteiger partial charge in [-0.25, -0.2) is 34.9 Å². The standard InChI is InChI=1S/C24H23N7O2.C16H18ClN5O2.C9H8N2O2.C8H5ClN2.C8H8N2O.C7H6N2/c1-31(14-21(32)28-17-6-7-22(33-2)27-13-17)24-18-4-3-5-19(18)29-23(30-24)20-10-15-8-9-25-11-16(15)12-26-20;1-22(15-11-4-3-5-12(11)20-16(17)21-15)9-13(23)19-10-6-7-14(24-2)18-8-10;1-13-9(12)4-7-2-3-11-6-8(7)5-10;9-8-3-6-1-2-10-4-7(6)5-11-8;11-8-3-6-1-2-9-4-7(6)5-10-8;1-6-2-3-9-5-7(6)4-8/h6-13H,3-5,14H2,1-2H3,(H,28,32);6-8H,3-5,9H2,1-2H3,(H,19,23);2-3,6H,4H2,1H3;1-5H;1-2,4H,3,5H2,(H,10,11);2-3,5H,1H3. The number of pyridine rings is 9. The third kappa shape index (κ3) is 20.9. The maximum Gasteiger partial charge on any atom is 0.310 e. The Morgan fingerprint density at radius 1 is 0.574 bits per heavy atom. The SMILES string of the molecule is COC(=O)Cc1ccncc1C#N.COc1ccc(NC(=O)CN(C)c2nc(-c3cc4ccncc4cn3)nc3c2CCC3)cn1.COc1ccc(NC(=O)CN(C)c2nc(Cl)nc3c2CCC3)cn1.Cc1ccncc1C#N.Clc1cc2ccncc2cn1.O=C1Cc2ccncc2CN1. The molecule has 11 aromatic heterocycles. The molecule has 0 bridgehead atoms. The Bertz CT molecular complexity index is 4810. The van der Waals surface area contributed by atoms with E-state index in [1.165, 1.54) is 13.3 Å². The lowest BCUT2D eigenvalue weighted by Crippen LogP contribution is -2.31. The Labute approximate surface area is 591 Å². The van der Waals surface area contributed by atoms with Gasteiger partial charge in [-0.2, -0.15) is 10.5 Å². The topological polar surface area (TPSA) is 354 Å². The summed E-state index contributed by atoms with van der Waals surface area (Å²) >= 11 is 11.7. The number of carbonyl (C=O) groups is 4. The van der Waals surface area contributed by atoms with Crippen molar-refractivity contribution in [3.05, 3.63) is 220 Å². The van der Waals surface area contributed by atoms with Crippen molar-refractivity contribution < 1.29 is 33.4 Å². The number of likely N-dealkylation sites (N-methyl/N-ethyl adjacent to an activating group) is 2. The van der Waals surface area contributed by atoms with Crippen LogP contribution in [-0.4, -0.2) is 137 Å². The molecule has 0 aromatic carbocycles. The van der Waals surface area contributed by atoms with Gasteiger partial charge < -0.3 is 40.0 Å². The Morgan fingerprint density at radius 3 is 1.69 bits per heavy atom. The van der Waals surface area contributed by atoms with Crippen molar-refractivity contribution in [1.82, 2.24) is 70.1 Å². The van der Waals surface area contributed by atoms with Crippen LogP contribution < -0.4 is 35.2 Å². The van der Waals surface area contributed by atoms with E-state index in [0.29, 0.717) is 69.5 Å². The van der Waals surface area contributed by atoms with Gasteiger partial charge in [0, 0.05) is 135 Å². The van der Waals surface area contributed by atoms with Crippen LogP contribution in [-0.2, 0) is 69.0 Å². The number of nitrogens with one attached hydrogen (secondary N) is 3. The quantitative estimate of drug-likeness (QED) is 0.0549. The highest BCUT2D eigenvalue weighted by Gasteiger charge is 2.25. The van der Waals surface area contributed by atoms with Crippen molar-refractivity contribution in [1.29, 1.82) is 10.5 Å². The second-order valence-electron chi connectivity index (χ2n) is 22.6. The smallest absolute Gasteiger partial charge is 0.310 e. The molecule has 3 aliphatic rings. The molecule has 0 atom stereocenters. The minimum Gasteiger partial charge on any atom is -0.481 e. The molecule has 3 amide bonds. The number of rotatable bonds is 13. The zero-order valence-electron chi connectivity index (χ0n) is 55.9. The van der Waals surface area contributed by atoms with E-state index in [-0.39, 0.29) is 48.5 Å². The van der Waals surface area contributed by atoms with Gasteiger partial charge in [-0.15, -0.1) is 0 Å². The zero-order valence-corrected chi connectivity index (χ0v) is 57.4. The third-order valence-electron chi connectivity index (χ3n) is 15.6. The highest BCUT2D eigenvalue weighted by Crippen LogP contribution is 2.32. The first-order chi connectivity index (χ1) is 49.0. The molecule has 512 valence electrons. The van der Waals surface area contributed by atoms with Gasteiger partial charge in [0.2, 0.25) is 34.8 Å². The van der Waals surface area contributed by atoms with Crippen molar-refractivity contribution in [2.45, 2.75) is 64.8 Å². The van der Waals surface area contributed by atoms with E-state index >= 15 is 0 Å². The molecule has 101 heavy (non-hydrogen) atoms. The molecule has 0 saturated carbocycles. The Hall–Kier alpha value is -12.3. The van der Waals surface area contributed by atoms with Gasteiger partial charge >= 0.3 is 5.97 Å². The number of anilines is 4. The monoisotopic (exact) mass is 1390 g/mol. The molecule has 0 spiro atoms. The van der Waals surface area contributed by atoms with Crippen LogP contribution in [0.4, 0.5) is 23.0 Å². The number of nitriles is 2. The van der Waals surface area contributed by atoms with Crippen molar-refractivity contribution in [2.24, 2.45) is 0 Å². The molecule has 0 radical (unpaired) electrons. The van der Waals surface area contributed by atoms with Gasteiger partial charge in [-0.05, 0) is 145 Å². The van der Waals surface area contributed by atoms with Gasteiger partial charge in [-0.3, -0.25) is 49.1 Å². The fourth-order valence-electron chi connectivity index (χ4n) is 10.4. The van der Waals surface area contributed by atoms with E-state index in [4.69, 9.17) is 53.2 Å². The molecule has 3 N–H and O–H groups in total. The minimum atomic E-state index is -0.359. The number of aromatic nitrogens is 13. The maximum atomic E-state index is 12.7. The summed E-state index contributed by atoms with van der Waals surface area (Å²) < 4.78 is 14.5.